The molecule has 0 spiro atoms. The number of hydrogen-bond acceptors (Lipinski definition) is 3. The first kappa shape index (κ1) is 15.8. The minimum atomic E-state index is -0.151. The predicted molar refractivity (Wildman–Crippen MR) is 84.3 cm³/mol. The average Bonchev–Trinajstić information content (AvgIpc) is 2.53. The number of primary amides is 1. The molecule has 0 aromatic heterocycles. The SMILES string of the molecule is COc1ccc(CCC(C)N2CCCC(C(N)=O)C2)cc1. The van der Waals surface area contributed by atoms with Crippen molar-refractivity contribution in [1.82, 2.24) is 4.90 Å². The highest BCUT2D eigenvalue weighted by atomic mass is 16.5. The van der Waals surface area contributed by atoms with E-state index in [-0.39, 0.29) is 11.8 Å². The molecule has 0 bridgehead atoms. The lowest BCUT2D eigenvalue weighted by Gasteiger charge is -2.35. The largest absolute Gasteiger partial charge is 0.497 e. The summed E-state index contributed by atoms with van der Waals surface area (Å²) in [5.41, 5.74) is 6.77. The van der Waals surface area contributed by atoms with Gasteiger partial charge in [0.05, 0.1) is 13.0 Å². The Morgan fingerprint density at radius 3 is 2.76 bits per heavy atom. The van der Waals surface area contributed by atoms with Crippen molar-refractivity contribution in [2.24, 2.45) is 11.7 Å². The van der Waals surface area contributed by atoms with Crippen molar-refractivity contribution in [2.75, 3.05) is 20.2 Å². The molecule has 2 N–H and O–H groups in total. The topological polar surface area (TPSA) is 55.6 Å². The summed E-state index contributed by atoms with van der Waals surface area (Å²) in [5, 5.41) is 0. The first-order valence-corrected chi connectivity index (χ1v) is 7.76. The van der Waals surface area contributed by atoms with Crippen LogP contribution in [0.3, 0.4) is 0 Å². The van der Waals surface area contributed by atoms with Crippen LogP contribution in [0.4, 0.5) is 0 Å². The van der Waals surface area contributed by atoms with E-state index >= 15 is 0 Å². The number of amides is 1. The number of carbonyl (C=O) groups excluding carboxylic acids is 1. The Hall–Kier alpha value is -1.55. The van der Waals surface area contributed by atoms with Crippen LogP contribution in [0.15, 0.2) is 24.3 Å². The number of nitrogens with two attached hydrogens (primary N) is 1. The first-order chi connectivity index (χ1) is 10.1. The second-order valence-corrected chi connectivity index (χ2v) is 5.97. The van der Waals surface area contributed by atoms with E-state index in [2.05, 4.69) is 24.0 Å². The minimum Gasteiger partial charge on any atom is -0.497 e. The third-order valence-electron chi connectivity index (χ3n) is 4.49. The van der Waals surface area contributed by atoms with Crippen LogP contribution in [-0.4, -0.2) is 37.0 Å². The monoisotopic (exact) mass is 290 g/mol. The van der Waals surface area contributed by atoms with Gasteiger partial charge in [-0.05, 0) is 56.8 Å². The number of likely N-dealkylation sites (tertiary alicyclic amines) is 1. The van der Waals surface area contributed by atoms with Crippen LogP contribution in [0.25, 0.3) is 0 Å². The van der Waals surface area contributed by atoms with Crippen LogP contribution in [-0.2, 0) is 11.2 Å². The second-order valence-electron chi connectivity index (χ2n) is 5.97. The molecule has 2 atom stereocenters. The summed E-state index contributed by atoms with van der Waals surface area (Å²) in [6, 6.07) is 8.73. The molecule has 1 amide bonds. The fourth-order valence-electron chi connectivity index (χ4n) is 2.99. The number of methoxy groups -OCH3 is 1. The highest BCUT2D eigenvalue weighted by molar-refractivity contribution is 5.76. The maximum atomic E-state index is 11.3. The van der Waals surface area contributed by atoms with E-state index in [1.807, 2.05) is 12.1 Å². The summed E-state index contributed by atoms with van der Waals surface area (Å²) in [4.78, 5) is 13.8. The number of benzene rings is 1. The summed E-state index contributed by atoms with van der Waals surface area (Å²) >= 11 is 0. The van der Waals surface area contributed by atoms with Crippen molar-refractivity contribution < 1.29 is 9.53 Å². The number of rotatable bonds is 6. The first-order valence-electron chi connectivity index (χ1n) is 7.76. The van der Waals surface area contributed by atoms with Crippen LogP contribution in [0.5, 0.6) is 5.75 Å². The Bertz CT molecular complexity index is 458. The van der Waals surface area contributed by atoms with Gasteiger partial charge in [-0.25, -0.2) is 0 Å². The predicted octanol–water partition coefficient (Wildman–Crippen LogP) is 2.21. The van der Waals surface area contributed by atoms with Gasteiger partial charge < -0.3 is 10.5 Å². The maximum absolute atomic E-state index is 11.3. The minimum absolute atomic E-state index is 0.0298. The quantitative estimate of drug-likeness (QED) is 0.874. The highest BCUT2D eigenvalue weighted by Gasteiger charge is 2.26. The second kappa shape index (κ2) is 7.46. The van der Waals surface area contributed by atoms with Gasteiger partial charge >= 0.3 is 0 Å². The molecule has 2 rings (SSSR count). The third-order valence-corrected chi connectivity index (χ3v) is 4.49. The molecule has 0 aliphatic carbocycles. The summed E-state index contributed by atoms with van der Waals surface area (Å²) in [6.45, 7) is 4.14. The maximum Gasteiger partial charge on any atom is 0.221 e. The van der Waals surface area contributed by atoms with Crippen LogP contribution < -0.4 is 10.5 Å². The van der Waals surface area contributed by atoms with Crippen LogP contribution in [0, 0.1) is 5.92 Å². The molecule has 1 aromatic rings. The van der Waals surface area contributed by atoms with Gasteiger partial charge in [-0.15, -0.1) is 0 Å². The van der Waals surface area contributed by atoms with Crippen LogP contribution in [0.2, 0.25) is 0 Å². The Kier molecular flexibility index (Phi) is 5.62. The van der Waals surface area contributed by atoms with Crippen molar-refractivity contribution in [3.63, 3.8) is 0 Å². The van der Waals surface area contributed by atoms with Gasteiger partial charge in [0.1, 0.15) is 5.75 Å². The standard InChI is InChI=1S/C17H26N2O2/c1-13(19-11-3-4-15(12-19)17(18)20)5-6-14-7-9-16(21-2)10-8-14/h7-10,13,15H,3-6,11-12H2,1-2H3,(H2,18,20). The lowest BCUT2D eigenvalue weighted by molar-refractivity contribution is -0.123. The molecule has 1 saturated heterocycles. The third kappa shape index (κ3) is 4.46. The number of aryl methyl sites for hydroxylation is 1. The molecule has 21 heavy (non-hydrogen) atoms. The number of carbonyl (C=O) groups is 1. The Balaban J connectivity index is 1.83. The molecular formula is C17H26N2O2. The molecule has 1 aliphatic heterocycles. The van der Waals surface area contributed by atoms with Crippen LogP contribution in [0.1, 0.15) is 31.7 Å². The van der Waals surface area contributed by atoms with Crippen molar-refractivity contribution in [1.29, 1.82) is 0 Å². The van der Waals surface area contributed by atoms with Gasteiger partial charge in [-0.1, -0.05) is 12.1 Å². The van der Waals surface area contributed by atoms with E-state index in [1.165, 1.54) is 5.56 Å². The molecule has 1 fully saturated rings. The highest BCUT2D eigenvalue weighted by Crippen LogP contribution is 2.21. The zero-order valence-electron chi connectivity index (χ0n) is 13.0. The molecule has 0 radical (unpaired) electrons. The van der Waals surface area contributed by atoms with E-state index in [9.17, 15) is 4.79 Å². The molecule has 1 aromatic carbocycles. The van der Waals surface area contributed by atoms with Gasteiger partial charge in [0.25, 0.3) is 0 Å². The molecule has 0 saturated carbocycles. The van der Waals surface area contributed by atoms with Crippen molar-refractivity contribution in [3.05, 3.63) is 29.8 Å². The Labute approximate surface area is 127 Å². The van der Waals surface area contributed by atoms with Gasteiger partial charge in [0.2, 0.25) is 5.91 Å². The molecule has 1 heterocycles. The molecule has 4 nitrogen and oxygen atoms in total. The molecule has 1 aliphatic rings. The zero-order valence-corrected chi connectivity index (χ0v) is 13.0. The Morgan fingerprint density at radius 2 is 2.14 bits per heavy atom. The fraction of sp³-hybridized carbons (Fsp3) is 0.588. The van der Waals surface area contributed by atoms with E-state index < -0.39 is 0 Å². The van der Waals surface area contributed by atoms with Crippen molar-refractivity contribution >= 4 is 5.91 Å². The lowest BCUT2D eigenvalue weighted by Crippen LogP contribution is -2.45. The van der Waals surface area contributed by atoms with Crippen molar-refractivity contribution in [2.45, 2.75) is 38.6 Å². The van der Waals surface area contributed by atoms with Crippen molar-refractivity contribution in [3.8, 4) is 5.75 Å². The lowest BCUT2D eigenvalue weighted by atomic mass is 9.95. The normalized spacial score (nSPS) is 21.0. The van der Waals surface area contributed by atoms with Crippen LogP contribution >= 0.6 is 0 Å². The van der Waals surface area contributed by atoms with Gasteiger partial charge in [0, 0.05) is 12.6 Å². The van der Waals surface area contributed by atoms with E-state index in [1.54, 1.807) is 7.11 Å². The smallest absolute Gasteiger partial charge is 0.221 e. The average molecular weight is 290 g/mol. The fourth-order valence-corrected chi connectivity index (χ4v) is 2.99. The van der Waals surface area contributed by atoms with E-state index in [4.69, 9.17) is 10.5 Å². The number of nitrogens with zero attached hydrogens (tertiary/aromatic N) is 1. The Morgan fingerprint density at radius 1 is 1.43 bits per heavy atom. The summed E-state index contributed by atoms with van der Waals surface area (Å²) < 4.78 is 5.17. The molecule has 116 valence electrons. The van der Waals surface area contributed by atoms with E-state index in [0.717, 1.165) is 44.5 Å². The van der Waals surface area contributed by atoms with Gasteiger partial charge in [-0.3, -0.25) is 9.69 Å². The van der Waals surface area contributed by atoms with Gasteiger partial charge in [-0.2, -0.15) is 0 Å². The number of hydrogen-bond donors (Lipinski definition) is 1. The molecular weight excluding hydrogens is 264 g/mol. The molecule has 4 heteroatoms. The van der Waals surface area contributed by atoms with Gasteiger partial charge in [0.15, 0.2) is 0 Å². The summed E-state index contributed by atoms with van der Waals surface area (Å²) in [7, 11) is 1.68. The zero-order chi connectivity index (χ0) is 15.2. The summed E-state index contributed by atoms with van der Waals surface area (Å²) in [5.74, 6) is 0.774. The summed E-state index contributed by atoms with van der Waals surface area (Å²) in [6.07, 6.45) is 4.15. The number of ether oxygens (including phenoxy) is 1. The van der Waals surface area contributed by atoms with E-state index in [0.29, 0.717) is 6.04 Å². The molecule has 2 unspecified atom stereocenters. The number of piperidine rings is 1.